The van der Waals surface area contributed by atoms with Crippen molar-refractivity contribution in [1.82, 2.24) is 10.2 Å². The van der Waals surface area contributed by atoms with E-state index in [4.69, 9.17) is 5.14 Å². The van der Waals surface area contributed by atoms with Crippen LogP contribution in [0.5, 0.6) is 0 Å². The number of rotatable bonds is 8. The summed E-state index contributed by atoms with van der Waals surface area (Å²) >= 11 is 1.27. The summed E-state index contributed by atoms with van der Waals surface area (Å²) in [6.07, 6.45) is -0.399. The highest BCUT2D eigenvalue weighted by molar-refractivity contribution is 8.01. The van der Waals surface area contributed by atoms with Gasteiger partial charge in [-0.1, -0.05) is 18.2 Å². The zero-order chi connectivity index (χ0) is 29.6. The number of thioether (sulfide) groups is 1. The van der Waals surface area contributed by atoms with Crippen molar-refractivity contribution in [3.63, 3.8) is 0 Å². The minimum absolute atomic E-state index is 0.0450. The van der Waals surface area contributed by atoms with Crippen molar-refractivity contribution in [2.24, 2.45) is 5.14 Å². The quantitative estimate of drug-likeness (QED) is 0.320. The summed E-state index contributed by atoms with van der Waals surface area (Å²) < 4.78 is 24.8. The summed E-state index contributed by atoms with van der Waals surface area (Å²) in [7, 11) is -4.65. The van der Waals surface area contributed by atoms with E-state index in [1.807, 2.05) is 0 Å². The molecule has 3 atom stereocenters. The number of aliphatic carboxylic acids is 1. The maximum atomic E-state index is 13.3. The van der Waals surface area contributed by atoms with Crippen molar-refractivity contribution in [1.29, 1.82) is 0 Å². The Balaban J connectivity index is 1.55. The predicted molar refractivity (Wildman–Crippen MR) is 146 cm³/mol. The van der Waals surface area contributed by atoms with Crippen molar-refractivity contribution < 1.29 is 37.5 Å². The maximum Gasteiger partial charge on any atom is 0.327 e. The van der Waals surface area contributed by atoms with E-state index >= 15 is 0 Å². The second kappa shape index (κ2) is 10.6. The number of carbonyl (C=O) groups is 5. The topological polar surface area (TPSA) is 196 Å². The average molecular weight is 590 g/mol. The number of carboxylic acid groups (broad SMARTS) is 1. The molecule has 2 saturated heterocycles. The van der Waals surface area contributed by atoms with Crippen LogP contribution in [0, 0.1) is 0 Å². The van der Waals surface area contributed by atoms with Crippen LogP contribution in [0.1, 0.15) is 36.7 Å². The Morgan fingerprint density at radius 2 is 1.73 bits per heavy atom. The number of carbonyl (C=O) groups excluding carboxylic acids is 4. The second-order valence-corrected chi connectivity index (χ2v) is 13.0. The van der Waals surface area contributed by atoms with Gasteiger partial charge in [0, 0.05) is 22.9 Å². The van der Waals surface area contributed by atoms with Gasteiger partial charge in [0.05, 0.1) is 12.1 Å². The molecule has 5 N–H and O–H groups in total. The summed E-state index contributed by atoms with van der Waals surface area (Å²) in [5, 5.41) is 19.6. The fraction of sp³-hybridized carbons (Fsp3) is 0.320. The highest BCUT2D eigenvalue weighted by Gasteiger charge is 2.64. The van der Waals surface area contributed by atoms with E-state index in [9.17, 15) is 37.5 Å². The lowest BCUT2D eigenvalue weighted by atomic mass is 9.96. The molecule has 15 heteroatoms. The molecule has 212 valence electrons. The molecular formula is C25H27N5O8S2. The molecule has 2 fully saturated rings. The first-order valence-corrected chi connectivity index (χ1v) is 14.3. The van der Waals surface area contributed by atoms with Gasteiger partial charge in [0.2, 0.25) is 17.7 Å². The Bertz CT molecular complexity index is 1510. The molecule has 0 bridgehead atoms. The monoisotopic (exact) mass is 589 g/mol. The zero-order valence-electron chi connectivity index (χ0n) is 21.7. The van der Waals surface area contributed by atoms with Gasteiger partial charge in [-0.2, -0.15) is 12.7 Å². The normalized spacial score (nSPS) is 21.1. The smallest absolute Gasteiger partial charge is 0.327 e. The van der Waals surface area contributed by atoms with E-state index in [-0.39, 0.29) is 22.7 Å². The molecule has 4 amide bonds. The van der Waals surface area contributed by atoms with Crippen LogP contribution in [0.4, 0.5) is 11.4 Å². The Hall–Kier alpha value is -3.95. The number of nitrogens with one attached hydrogen (secondary N) is 2. The molecular weight excluding hydrogens is 562 g/mol. The van der Waals surface area contributed by atoms with Crippen LogP contribution < -0.4 is 20.1 Å². The highest BCUT2D eigenvalue weighted by Crippen LogP contribution is 2.50. The third-order valence-electron chi connectivity index (χ3n) is 6.44. The van der Waals surface area contributed by atoms with Crippen LogP contribution in [0.25, 0.3) is 0 Å². The van der Waals surface area contributed by atoms with E-state index in [0.717, 1.165) is 0 Å². The minimum atomic E-state index is -4.65. The van der Waals surface area contributed by atoms with Crippen molar-refractivity contribution >= 4 is 62.9 Å². The number of nitrogens with zero attached hydrogens (tertiary/aromatic N) is 2. The molecule has 0 aromatic heterocycles. The van der Waals surface area contributed by atoms with E-state index in [1.165, 1.54) is 66.1 Å². The first-order chi connectivity index (χ1) is 18.6. The second-order valence-electron chi connectivity index (χ2n) is 9.82. The van der Waals surface area contributed by atoms with Gasteiger partial charge in [-0.15, -0.1) is 11.8 Å². The fourth-order valence-electron chi connectivity index (χ4n) is 4.78. The van der Waals surface area contributed by atoms with E-state index in [2.05, 4.69) is 10.6 Å². The van der Waals surface area contributed by atoms with Crippen molar-refractivity contribution in [2.75, 3.05) is 9.62 Å². The summed E-state index contributed by atoms with van der Waals surface area (Å²) in [6, 6.07) is 9.28. The van der Waals surface area contributed by atoms with Crippen molar-refractivity contribution in [3.8, 4) is 0 Å². The maximum absolute atomic E-state index is 13.3. The number of β-lactam (4-membered cyclic amide) rings is 1. The van der Waals surface area contributed by atoms with E-state index < -0.39 is 62.5 Å². The predicted octanol–water partition coefficient (Wildman–Crippen LogP) is 0.670. The molecule has 0 saturated carbocycles. The van der Waals surface area contributed by atoms with Gasteiger partial charge in [0.15, 0.2) is 0 Å². The van der Waals surface area contributed by atoms with E-state index in [0.29, 0.717) is 9.99 Å². The molecule has 0 spiro atoms. The number of para-hydroxylation sites is 1. The van der Waals surface area contributed by atoms with Crippen molar-refractivity contribution in [3.05, 3.63) is 59.7 Å². The average Bonchev–Trinajstić information content (AvgIpc) is 3.11. The lowest BCUT2D eigenvalue weighted by molar-refractivity contribution is -0.161. The molecule has 2 aliphatic rings. The zero-order valence-corrected chi connectivity index (χ0v) is 23.3. The van der Waals surface area contributed by atoms with Crippen LogP contribution in [0.15, 0.2) is 48.5 Å². The Kier molecular flexibility index (Phi) is 7.66. The van der Waals surface area contributed by atoms with Crippen LogP contribution >= 0.6 is 11.8 Å². The number of anilines is 2. The molecule has 2 aromatic carbocycles. The van der Waals surface area contributed by atoms with E-state index in [1.54, 1.807) is 19.9 Å². The number of amides is 4. The third-order valence-corrected chi connectivity index (χ3v) is 8.89. The fourth-order valence-corrected chi connectivity index (χ4v) is 7.19. The summed E-state index contributed by atoms with van der Waals surface area (Å²) in [6.45, 7) is 4.73. The SMILES string of the molecule is CC(=O)Nc1ccc(C(=O)N(c2ccccc2CC(=O)NC2C(=O)N3[C@@H]2SC(C)(C)[C@@H]3C(=O)O)S(N)(=O)=O)cc1. The van der Waals surface area contributed by atoms with Gasteiger partial charge >= 0.3 is 16.2 Å². The summed E-state index contributed by atoms with van der Waals surface area (Å²) in [4.78, 5) is 63.2. The third kappa shape index (κ3) is 5.52. The van der Waals surface area contributed by atoms with Gasteiger partial charge in [-0.25, -0.2) is 9.93 Å². The van der Waals surface area contributed by atoms with Gasteiger partial charge in [-0.3, -0.25) is 19.2 Å². The molecule has 2 heterocycles. The van der Waals surface area contributed by atoms with Gasteiger partial charge in [0.1, 0.15) is 17.5 Å². The first-order valence-electron chi connectivity index (χ1n) is 12.0. The molecule has 1 unspecified atom stereocenters. The number of carboxylic acids is 1. The number of hydrogen-bond donors (Lipinski definition) is 4. The van der Waals surface area contributed by atoms with Gasteiger partial charge < -0.3 is 20.6 Å². The molecule has 0 aliphatic carbocycles. The summed E-state index contributed by atoms with van der Waals surface area (Å²) in [5.74, 6) is -3.61. The number of fused-ring (bicyclic) bond motifs is 1. The first kappa shape index (κ1) is 29.0. The van der Waals surface area contributed by atoms with Crippen LogP contribution in [0.3, 0.4) is 0 Å². The minimum Gasteiger partial charge on any atom is -0.480 e. The lowest BCUT2D eigenvalue weighted by Gasteiger charge is -2.43. The van der Waals surface area contributed by atoms with Gasteiger partial charge in [0.25, 0.3) is 5.91 Å². The molecule has 2 aromatic rings. The number of hydrogen-bond acceptors (Lipinski definition) is 8. The number of benzene rings is 2. The van der Waals surface area contributed by atoms with Crippen molar-refractivity contribution in [2.45, 2.75) is 49.4 Å². The largest absolute Gasteiger partial charge is 0.480 e. The molecule has 2 aliphatic heterocycles. The van der Waals surface area contributed by atoms with Crippen LogP contribution in [0.2, 0.25) is 0 Å². The Morgan fingerprint density at radius 3 is 2.30 bits per heavy atom. The molecule has 13 nitrogen and oxygen atoms in total. The highest BCUT2D eigenvalue weighted by atomic mass is 32.2. The summed E-state index contributed by atoms with van der Waals surface area (Å²) in [5.41, 5.74) is 0.339. The Labute approximate surface area is 234 Å². The lowest BCUT2D eigenvalue weighted by Crippen LogP contribution is -2.70. The molecule has 4 rings (SSSR count). The van der Waals surface area contributed by atoms with Gasteiger partial charge in [-0.05, 0) is 49.7 Å². The van der Waals surface area contributed by atoms with Crippen LogP contribution in [-0.2, 0) is 35.8 Å². The van der Waals surface area contributed by atoms with Crippen LogP contribution in [-0.4, -0.2) is 70.2 Å². The molecule has 40 heavy (non-hydrogen) atoms. The number of nitrogens with two attached hydrogens (primary N) is 1. The Morgan fingerprint density at radius 1 is 1.10 bits per heavy atom. The molecule has 0 radical (unpaired) electrons. The standard InChI is InChI=1S/C25H27N5O8S2/c1-13(31)27-16-10-8-14(9-11-16)21(33)30(40(26,37)38)17-7-5-4-6-15(17)12-18(32)28-19-22(34)29-20(24(35)36)25(2,3)39-23(19)29/h4-11,19-20,23H,12H2,1-3H3,(H,27,31)(H,28,32)(H,35,36)(H2,26,37,38)/t19?,20-,23+/m0/s1.